The molecule has 0 saturated heterocycles. The highest BCUT2D eigenvalue weighted by Gasteiger charge is 2.47. The van der Waals surface area contributed by atoms with Gasteiger partial charge in [0.25, 0.3) is 0 Å². The molecule has 1 aromatic carbocycles. The topological polar surface area (TPSA) is 50.4 Å². The number of carbonyl (C=O) groups is 1. The Labute approximate surface area is 96.8 Å². The number of carboxylic acids is 1. The minimum atomic E-state index is -0.880. The van der Waals surface area contributed by atoms with E-state index in [0.717, 1.165) is 12.8 Å². The maximum Gasteiger partial charge on any atom is 0.304 e. The summed E-state index contributed by atoms with van der Waals surface area (Å²) in [5.74, 6) is -1.22. The van der Waals surface area contributed by atoms with Gasteiger partial charge >= 0.3 is 5.97 Å². The van der Waals surface area contributed by atoms with E-state index in [-0.39, 0.29) is 12.2 Å². The summed E-state index contributed by atoms with van der Waals surface area (Å²) in [5.41, 5.74) is 0.507. The van der Waals surface area contributed by atoms with Crippen LogP contribution in [0.3, 0.4) is 0 Å². The Hall–Kier alpha value is -1.84. The van der Waals surface area contributed by atoms with E-state index in [0.29, 0.717) is 16.5 Å². The summed E-state index contributed by atoms with van der Waals surface area (Å²) in [5, 5.41) is 9.30. The number of halogens is 1. The number of hydrogen-bond donors (Lipinski definition) is 1. The normalized spacial score (nSPS) is 17.2. The number of carboxylic acid groups (broad SMARTS) is 1. The zero-order chi connectivity index (χ0) is 12.0. The third kappa shape index (κ3) is 1.52. The van der Waals surface area contributed by atoms with Gasteiger partial charge in [0.2, 0.25) is 0 Å². The molecular weight excluding hydrogens is 223 g/mol. The molecule has 88 valence electrons. The molecule has 0 radical (unpaired) electrons. The van der Waals surface area contributed by atoms with Crippen LogP contribution >= 0.6 is 0 Å². The van der Waals surface area contributed by atoms with E-state index in [2.05, 4.69) is 0 Å². The third-order valence-electron chi connectivity index (χ3n) is 3.48. The zero-order valence-corrected chi connectivity index (χ0v) is 9.07. The number of benzene rings is 1. The predicted octanol–water partition coefficient (Wildman–Crippen LogP) is 3.08. The quantitative estimate of drug-likeness (QED) is 0.887. The van der Waals surface area contributed by atoms with Crippen LogP contribution in [0.1, 0.15) is 24.8 Å². The number of hydrogen-bond acceptors (Lipinski definition) is 2. The van der Waals surface area contributed by atoms with Gasteiger partial charge in [0, 0.05) is 5.41 Å². The smallest absolute Gasteiger partial charge is 0.304 e. The average Bonchev–Trinajstić information content (AvgIpc) is 2.87. The minimum Gasteiger partial charge on any atom is -0.481 e. The first-order valence-corrected chi connectivity index (χ1v) is 5.50. The molecule has 1 aliphatic carbocycles. The first kappa shape index (κ1) is 10.3. The molecule has 17 heavy (non-hydrogen) atoms. The summed E-state index contributed by atoms with van der Waals surface area (Å²) in [6.45, 7) is 0. The molecule has 4 heteroatoms. The van der Waals surface area contributed by atoms with Gasteiger partial charge in [-0.15, -0.1) is 0 Å². The molecule has 1 aromatic heterocycles. The largest absolute Gasteiger partial charge is 0.481 e. The van der Waals surface area contributed by atoms with Crippen LogP contribution in [-0.4, -0.2) is 11.1 Å². The van der Waals surface area contributed by atoms with E-state index in [1.165, 1.54) is 6.26 Å². The molecule has 0 bridgehead atoms. The van der Waals surface area contributed by atoms with E-state index < -0.39 is 11.4 Å². The van der Waals surface area contributed by atoms with Gasteiger partial charge in [-0.1, -0.05) is 6.07 Å². The second-order valence-electron chi connectivity index (χ2n) is 4.61. The molecule has 0 spiro atoms. The van der Waals surface area contributed by atoms with Crippen molar-refractivity contribution in [1.29, 1.82) is 0 Å². The van der Waals surface area contributed by atoms with Crippen molar-refractivity contribution in [1.82, 2.24) is 0 Å². The van der Waals surface area contributed by atoms with Gasteiger partial charge in [0.1, 0.15) is 11.4 Å². The molecule has 2 aromatic rings. The molecule has 3 rings (SSSR count). The Morgan fingerprint density at radius 3 is 2.82 bits per heavy atom. The fourth-order valence-corrected chi connectivity index (χ4v) is 2.40. The lowest BCUT2D eigenvalue weighted by atomic mass is 9.91. The molecule has 1 heterocycles. The van der Waals surface area contributed by atoms with Crippen molar-refractivity contribution >= 4 is 16.9 Å². The first-order valence-electron chi connectivity index (χ1n) is 5.50. The van der Waals surface area contributed by atoms with Crippen LogP contribution in [0.2, 0.25) is 0 Å². The molecule has 1 aliphatic rings. The Bertz CT molecular complexity index is 596. The second kappa shape index (κ2) is 3.32. The van der Waals surface area contributed by atoms with Crippen LogP contribution < -0.4 is 0 Å². The molecule has 0 amide bonds. The van der Waals surface area contributed by atoms with Crippen molar-refractivity contribution in [2.45, 2.75) is 24.7 Å². The lowest BCUT2D eigenvalue weighted by molar-refractivity contribution is -0.137. The molecule has 3 nitrogen and oxygen atoms in total. The SMILES string of the molecule is O=C(O)CC1(c2ccc3occc3c2F)CC1. The average molecular weight is 234 g/mol. The third-order valence-corrected chi connectivity index (χ3v) is 3.48. The van der Waals surface area contributed by atoms with Gasteiger partial charge in [-0.2, -0.15) is 0 Å². The Balaban J connectivity index is 2.11. The zero-order valence-electron chi connectivity index (χ0n) is 9.07. The van der Waals surface area contributed by atoms with Crippen LogP contribution in [0, 0.1) is 5.82 Å². The van der Waals surface area contributed by atoms with E-state index in [1.54, 1.807) is 18.2 Å². The lowest BCUT2D eigenvalue weighted by Gasteiger charge is -2.14. The summed E-state index contributed by atoms with van der Waals surface area (Å²) in [6.07, 6.45) is 2.90. The molecule has 1 saturated carbocycles. The minimum absolute atomic E-state index is 0.00667. The van der Waals surface area contributed by atoms with Gasteiger partial charge in [-0.3, -0.25) is 4.79 Å². The summed E-state index contributed by atoms with van der Waals surface area (Å²) < 4.78 is 19.3. The van der Waals surface area contributed by atoms with Crippen LogP contribution in [0.5, 0.6) is 0 Å². The van der Waals surface area contributed by atoms with Crippen molar-refractivity contribution in [3.8, 4) is 0 Å². The van der Waals surface area contributed by atoms with Crippen LogP contribution in [0.25, 0.3) is 11.0 Å². The summed E-state index contributed by atoms with van der Waals surface area (Å²) in [6, 6.07) is 4.93. The monoisotopic (exact) mass is 234 g/mol. The van der Waals surface area contributed by atoms with Gasteiger partial charge in [-0.05, 0) is 30.5 Å². The Morgan fingerprint density at radius 2 is 2.18 bits per heavy atom. The maximum atomic E-state index is 14.2. The summed E-state index contributed by atoms with van der Waals surface area (Å²) in [7, 11) is 0. The number of furan rings is 1. The van der Waals surface area contributed by atoms with Gasteiger partial charge in [0.15, 0.2) is 0 Å². The standard InChI is InChI=1S/C13H11FO3/c14-12-8-3-6-17-10(8)2-1-9(12)13(4-5-13)7-11(15)16/h1-3,6H,4-5,7H2,(H,15,16). The number of fused-ring (bicyclic) bond motifs is 1. The molecule has 0 unspecified atom stereocenters. The van der Waals surface area contributed by atoms with Crippen LogP contribution in [0.4, 0.5) is 4.39 Å². The highest BCUT2D eigenvalue weighted by atomic mass is 19.1. The molecule has 1 N–H and O–H groups in total. The van der Waals surface area contributed by atoms with E-state index in [9.17, 15) is 9.18 Å². The van der Waals surface area contributed by atoms with E-state index in [4.69, 9.17) is 9.52 Å². The van der Waals surface area contributed by atoms with Crippen molar-refractivity contribution < 1.29 is 18.7 Å². The highest BCUT2D eigenvalue weighted by Crippen LogP contribution is 2.52. The van der Waals surface area contributed by atoms with Crippen molar-refractivity contribution in [3.63, 3.8) is 0 Å². The molecule has 1 fully saturated rings. The highest BCUT2D eigenvalue weighted by molar-refractivity contribution is 5.80. The van der Waals surface area contributed by atoms with Crippen molar-refractivity contribution in [3.05, 3.63) is 35.8 Å². The molecular formula is C13H11FO3. The fourth-order valence-electron chi connectivity index (χ4n) is 2.40. The van der Waals surface area contributed by atoms with Crippen molar-refractivity contribution in [2.75, 3.05) is 0 Å². The summed E-state index contributed by atoms with van der Waals surface area (Å²) >= 11 is 0. The van der Waals surface area contributed by atoms with Gasteiger partial charge < -0.3 is 9.52 Å². The fraction of sp³-hybridized carbons (Fsp3) is 0.308. The molecule has 0 aliphatic heterocycles. The van der Waals surface area contributed by atoms with Gasteiger partial charge in [-0.25, -0.2) is 4.39 Å². The van der Waals surface area contributed by atoms with Crippen LogP contribution in [-0.2, 0) is 10.2 Å². The van der Waals surface area contributed by atoms with E-state index >= 15 is 0 Å². The van der Waals surface area contributed by atoms with E-state index in [1.807, 2.05) is 0 Å². The maximum absolute atomic E-state index is 14.2. The Kier molecular flexibility index (Phi) is 2.02. The number of rotatable bonds is 3. The summed E-state index contributed by atoms with van der Waals surface area (Å²) in [4.78, 5) is 10.8. The first-order chi connectivity index (χ1) is 8.12. The van der Waals surface area contributed by atoms with Crippen molar-refractivity contribution in [2.24, 2.45) is 0 Å². The predicted molar refractivity (Wildman–Crippen MR) is 59.3 cm³/mol. The van der Waals surface area contributed by atoms with Crippen LogP contribution in [0.15, 0.2) is 28.9 Å². The number of aliphatic carboxylic acids is 1. The van der Waals surface area contributed by atoms with Gasteiger partial charge in [0.05, 0.1) is 18.1 Å². The Morgan fingerprint density at radius 1 is 1.41 bits per heavy atom. The second-order valence-corrected chi connectivity index (χ2v) is 4.61. The molecule has 0 atom stereocenters. The lowest BCUT2D eigenvalue weighted by Crippen LogP contribution is -2.14.